The van der Waals surface area contributed by atoms with Gasteiger partial charge in [0.2, 0.25) is 0 Å². The van der Waals surface area contributed by atoms with Gasteiger partial charge in [-0.3, -0.25) is 10.1 Å². The minimum atomic E-state index is -3.69. The van der Waals surface area contributed by atoms with E-state index in [9.17, 15) is 18.4 Å². The molecule has 0 bridgehead atoms. The lowest BCUT2D eigenvalue weighted by molar-refractivity contribution is -0.286. The Hall–Kier alpha value is -3.74. The standard InChI is InChI=1S/C20H19F2N5O5S/c1-10-16(11(2)32-26-10)17(28)27(3)8-13-9-33-19(24-13)25-18(29)23-7-12-4-5-14-15(6-12)31-20(21,22)30-14/h4-6,9H,7-8H2,1-3H3,(H2,23,24,25,29). The predicted octanol–water partition coefficient (Wildman–Crippen LogP) is 3.66. The second kappa shape index (κ2) is 8.65. The Morgan fingerprint density at radius 1 is 1.21 bits per heavy atom. The van der Waals surface area contributed by atoms with E-state index in [-0.39, 0.29) is 30.5 Å². The van der Waals surface area contributed by atoms with Crippen LogP contribution in [0.15, 0.2) is 28.1 Å². The molecule has 3 heterocycles. The second-order valence-electron chi connectivity index (χ2n) is 7.26. The number of benzene rings is 1. The number of fused-ring (bicyclic) bond motifs is 1. The maximum Gasteiger partial charge on any atom is 0.586 e. The number of ether oxygens (including phenoxy) is 2. The highest BCUT2D eigenvalue weighted by Crippen LogP contribution is 2.41. The van der Waals surface area contributed by atoms with Gasteiger partial charge in [0.25, 0.3) is 5.91 Å². The van der Waals surface area contributed by atoms with Crippen LogP contribution in [-0.4, -0.2) is 40.3 Å². The van der Waals surface area contributed by atoms with Crippen molar-refractivity contribution in [1.29, 1.82) is 0 Å². The number of carbonyl (C=O) groups is 2. The number of hydrogen-bond acceptors (Lipinski definition) is 8. The van der Waals surface area contributed by atoms with Crippen LogP contribution in [0.25, 0.3) is 0 Å². The van der Waals surface area contributed by atoms with Crippen LogP contribution in [0, 0.1) is 13.8 Å². The molecule has 13 heteroatoms. The van der Waals surface area contributed by atoms with Crippen molar-refractivity contribution in [2.75, 3.05) is 12.4 Å². The summed E-state index contributed by atoms with van der Waals surface area (Å²) in [7, 11) is 1.63. The first-order valence-corrected chi connectivity index (χ1v) is 10.6. The Morgan fingerprint density at radius 3 is 2.70 bits per heavy atom. The average molecular weight is 479 g/mol. The van der Waals surface area contributed by atoms with Crippen molar-refractivity contribution < 1.29 is 32.4 Å². The smallest absolute Gasteiger partial charge is 0.395 e. The Balaban J connectivity index is 1.29. The van der Waals surface area contributed by atoms with Crippen molar-refractivity contribution in [3.05, 3.63) is 51.9 Å². The van der Waals surface area contributed by atoms with Crippen LogP contribution in [0.5, 0.6) is 11.5 Å². The Morgan fingerprint density at radius 2 is 1.97 bits per heavy atom. The van der Waals surface area contributed by atoms with Gasteiger partial charge < -0.3 is 24.2 Å². The summed E-state index contributed by atoms with van der Waals surface area (Å²) < 4.78 is 40.0. The van der Waals surface area contributed by atoms with Crippen molar-refractivity contribution in [2.24, 2.45) is 0 Å². The van der Waals surface area contributed by atoms with E-state index in [2.05, 4.69) is 30.2 Å². The summed E-state index contributed by atoms with van der Waals surface area (Å²) in [5, 5.41) is 11.1. The largest absolute Gasteiger partial charge is 0.586 e. The number of rotatable bonds is 6. The maximum absolute atomic E-state index is 13.1. The van der Waals surface area contributed by atoms with E-state index in [0.29, 0.717) is 33.4 Å². The second-order valence-corrected chi connectivity index (χ2v) is 8.12. The van der Waals surface area contributed by atoms with E-state index in [1.165, 1.54) is 34.4 Å². The van der Waals surface area contributed by atoms with E-state index in [4.69, 9.17) is 4.52 Å². The summed E-state index contributed by atoms with van der Waals surface area (Å²) in [6, 6.07) is 3.72. The number of halogens is 2. The van der Waals surface area contributed by atoms with Crippen molar-refractivity contribution in [3.63, 3.8) is 0 Å². The van der Waals surface area contributed by atoms with Gasteiger partial charge in [-0.25, -0.2) is 9.78 Å². The normalized spacial score (nSPS) is 13.6. The monoisotopic (exact) mass is 479 g/mol. The van der Waals surface area contributed by atoms with Gasteiger partial charge in [0.05, 0.1) is 17.9 Å². The van der Waals surface area contributed by atoms with E-state index >= 15 is 0 Å². The number of alkyl halides is 2. The maximum atomic E-state index is 13.1. The van der Waals surface area contributed by atoms with Crippen LogP contribution in [0.4, 0.5) is 18.7 Å². The molecule has 0 radical (unpaired) electrons. The molecule has 0 aliphatic carbocycles. The zero-order valence-electron chi connectivity index (χ0n) is 17.8. The third-order valence-electron chi connectivity index (χ3n) is 4.68. The Labute approximate surface area is 190 Å². The van der Waals surface area contributed by atoms with Crippen molar-refractivity contribution >= 4 is 28.4 Å². The number of hydrogen-bond donors (Lipinski definition) is 2. The van der Waals surface area contributed by atoms with Gasteiger partial charge in [-0.15, -0.1) is 20.1 Å². The minimum absolute atomic E-state index is 0.0682. The van der Waals surface area contributed by atoms with E-state index in [1.807, 2.05) is 0 Å². The highest BCUT2D eigenvalue weighted by Gasteiger charge is 2.43. The highest BCUT2D eigenvalue weighted by molar-refractivity contribution is 7.13. The minimum Gasteiger partial charge on any atom is -0.395 e. The zero-order valence-corrected chi connectivity index (χ0v) is 18.6. The zero-order chi connectivity index (χ0) is 23.8. The van der Waals surface area contributed by atoms with Gasteiger partial charge in [0.15, 0.2) is 16.6 Å². The number of anilines is 1. The van der Waals surface area contributed by atoms with Crippen LogP contribution in [-0.2, 0) is 13.1 Å². The summed E-state index contributed by atoms with van der Waals surface area (Å²) in [5.41, 5.74) is 2.06. The first-order chi connectivity index (χ1) is 15.6. The number of aromatic nitrogens is 2. The van der Waals surface area contributed by atoms with E-state index in [0.717, 1.165) is 0 Å². The summed E-state index contributed by atoms with van der Waals surface area (Å²) in [6.07, 6.45) is -3.69. The van der Waals surface area contributed by atoms with E-state index in [1.54, 1.807) is 26.3 Å². The first kappa shape index (κ1) is 22.5. The number of thiazole rings is 1. The molecule has 0 fully saturated rings. The molecule has 1 aromatic carbocycles. The van der Waals surface area contributed by atoms with Crippen molar-refractivity contribution in [3.8, 4) is 11.5 Å². The van der Waals surface area contributed by atoms with Gasteiger partial charge in [0, 0.05) is 19.0 Å². The molecule has 1 aliphatic heterocycles. The molecule has 4 rings (SSSR count). The van der Waals surface area contributed by atoms with Gasteiger partial charge in [-0.2, -0.15) is 0 Å². The molecule has 0 spiro atoms. The molecular weight excluding hydrogens is 460 g/mol. The predicted molar refractivity (Wildman–Crippen MR) is 112 cm³/mol. The molecular formula is C20H19F2N5O5S. The average Bonchev–Trinajstić information content (AvgIpc) is 3.41. The molecule has 0 unspecified atom stereocenters. The molecule has 0 saturated carbocycles. The van der Waals surface area contributed by atoms with Crippen LogP contribution in [0.1, 0.15) is 33.1 Å². The number of urea groups is 1. The SMILES string of the molecule is Cc1noc(C)c1C(=O)N(C)Cc1csc(NC(=O)NCc2ccc3c(c2)OC(F)(F)O3)n1. The number of aryl methyl sites for hydroxylation is 2. The van der Waals surface area contributed by atoms with Crippen molar-refractivity contribution in [2.45, 2.75) is 33.2 Å². The molecule has 174 valence electrons. The summed E-state index contributed by atoms with van der Waals surface area (Å²) in [5.74, 6) is 0.0340. The van der Waals surface area contributed by atoms with E-state index < -0.39 is 12.3 Å². The third kappa shape index (κ3) is 5.03. The van der Waals surface area contributed by atoms with Crippen molar-refractivity contribution in [1.82, 2.24) is 20.4 Å². The summed E-state index contributed by atoms with van der Waals surface area (Å²) in [4.78, 5) is 30.6. The molecule has 3 amide bonds. The lowest BCUT2D eigenvalue weighted by Gasteiger charge is -2.15. The Kier molecular flexibility index (Phi) is 5.89. The number of nitrogens with zero attached hydrogens (tertiary/aromatic N) is 3. The van der Waals surface area contributed by atoms with Gasteiger partial charge in [-0.1, -0.05) is 11.2 Å². The fraction of sp³-hybridized carbons (Fsp3) is 0.300. The topological polar surface area (TPSA) is 119 Å². The lowest BCUT2D eigenvalue weighted by Crippen LogP contribution is -2.28. The molecule has 3 aromatic rings. The number of amides is 3. The van der Waals surface area contributed by atoms with Crippen LogP contribution >= 0.6 is 11.3 Å². The molecule has 33 heavy (non-hydrogen) atoms. The van der Waals surface area contributed by atoms with Crippen LogP contribution < -0.4 is 20.1 Å². The molecule has 0 atom stereocenters. The molecule has 2 N–H and O–H groups in total. The quantitative estimate of drug-likeness (QED) is 0.554. The van der Waals surface area contributed by atoms with Gasteiger partial charge in [0.1, 0.15) is 11.3 Å². The fourth-order valence-corrected chi connectivity index (χ4v) is 3.85. The highest BCUT2D eigenvalue weighted by atomic mass is 32.1. The van der Waals surface area contributed by atoms with Gasteiger partial charge >= 0.3 is 12.3 Å². The first-order valence-electron chi connectivity index (χ1n) is 9.67. The molecule has 2 aromatic heterocycles. The Bertz CT molecular complexity index is 1190. The summed E-state index contributed by atoms with van der Waals surface area (Å²) >= 11 is 1.20. The number of nitrogens with one attached hydrogen (secondary N) is 2. The third-order valence-corrected chi connectivity index (χ3v) is 5.49. The molecule has 10 nitrogen and oxygen atoms in total. The lowest BCUT2D eigenvalue weighted by atomic mass is 10.2. The summed E-state index contributed by atoms with van der Waals surface area (Å²) in [6.45, 7) is 3.66. The van der Waals surface area contributed by atoms with Crippen LogP contribution in [0.2, 0.25) is 0 Å². The fourth-order valence-electron chi connectivity index (χ4n) is 3.16. The van der Waals surface area contributed by atoms with Crippen LogP contribution in [0.3, 0.4) is 0 Å². The van der Waals surface area contributed by atoms with Gasteiger partial charge in [-0.05, 0) is 31.5 Å². The molecule has 1 aliphatic rings. The number of carbonyl (C=O) groups excluding carboxylic acids is 2. The molecule has 0 saturated heterocycles.